The molecule has 1 nitrogen and oxygen atoms in total. The summed E-state index contributed by atoms with van der Waals surface area (Å²) in [5.74, 6) is 0.357. The molecule has 0 radical (unpaired) electrons. The van der Waals surface area contributed by atoms with Gasteiger partial charge >= 0.3 is 0 Å². The fraction of sp³-hybridized carbons (Fsp3) is 0.300. The van der Waals surface area contributed by atoms with Crippen molar-refractivity contribution in [2.24, 2.45) is 0 Å². The molecule has 1 heteroatoms. The van der Waals surface area contributed by atoms with Crippen LogP contribution in [0.3, 0.4) is 0 Å². The lowest BCUT2D eigenvalue weighted by atomic mass is 9.95. The van der Waals surface area contributed by atoms with Crippen LogP contribution in [0.4, 0.5) is 0 Å². The summed E-state index contributed by atoms with van der Waals surface area (Å²) in [5.41, 5.74) is 1.25. The van der Waals surface area contributed by atoms with Crippen molar-refractivity contribution in [3.8, 4) is 5.75 Å². The molecule has 0 aliphatic carbocycles. The van der Waals surface area contributed by atoms with Crippen molar-refractivity contribution in [1.82, 2.24) is 0 Å². The highest BCUT2D eigenvalue weighted by Crippen LogP contribution is 2.32. The van der Waals surface area contributed by atoms with Crippen molar-refractivity contribution in [3.05, 3.63) is 47.2 Å². The summed E-state index contributed by atoms with van der Waals surface area (Å²) in [6.07, 6.45) is 2.12. The molecule has 0 amide bonds. The molecular weight excluding hydrogens is 256 g/mol. The van der Waals surface area contributed by atoms with Crippen LogP contribution in [0.25, 0.3) is 27.6 Å². The van der Waals surface area contributed by atoms with Gasteiger partial charge in [0.25, 0.3) is 0 Å². The Morgan fingerprint density at radius 3 is 2.05 bits per heavy atom. The van der Waals surface area contributed by atoms with Crippen molar-refractivity contribution in [1.29, 1.82) is 0 Å². The van der Waals surface area contributed by atoms with Crippen molar-refractivity contribution < 1.29 is 5.11 Å². The normalized spacial score (nSPS) is 10.9. The molecule has 3 aromatic rings. The molecule has 0 spiro atoms. The first kappa shape index (κ1) is 17.0. The van der Waals surface area contributed by atoms with E-state index in [4.69, 9.17) is 0 Å². The topological polar surface area (TPSA) is 20.2 Å². The number of phenolic OH excluding ortho intramolecular Hbond substituents is 1. The maximum Gasteiger partial charge on any atom is 0.123 e. The first-order chi connectivity index (χ1) is 10.2. The summed E-state index contributed by atoms with van der Waals surface area (Å²) in [6.45, 7) is 12.2. The van der Waals surface area contributed by atoms with Gasteiger partial charge < -0.3 is 5.11 Å². The third-order valence-corrected chi connectivity index (χ3v) is 3.44. The quantitative estimate of drug-likeness (QED) is 0.570. The number of phenols is 1. The molecule has 21 heavy (non-hydrogen) atoms. The predicted molar refractivity (Wildman–Crippen MR) is 95.9 cm³/mol. The number of hydrogen-bond acceptors (Lipinski definition) is 1. The molecule has 3 aromatic carbocycles. The summed E-state index contributed by atoms with van der Waals surface area (Å²) in [7, 11) is 0. The SMILES string of the molecule is C/C=c1/ccc2ccc(O)c3ccc(C)c1c23.CC.CC. The van der Waals surface area contributed by atoms with E-state index < -0.39 is 0 Å². The van der Waals surface area contributed by atoms with Crippen LogP contribution in [0.1, 0.15) is 40.2 Å². The van der Waals surface area contributed by atoms with Crippen molar-refractivity contribution in [2.75, 3.05) is 0 Å². The molecule has 0 saturated carbocycles. The van der Waals surface area contributed by atoms with Crippen LogP contribution >= 0.6 is 0 Å². The third kappa shape index (κ3) is 3.02. The van der Waals surface area contributed by atoms with E-state index in [9.17, 15) is 5.11 Å². The van der Waals surface area contributed by atoms with E-state index in [0.717, 1.165) is 5.39 Å². The summed E-state index contributed by atoms with van der Waals surface area (Å²) < 4.78 is 0. The van der Waals surface area contributed by atoms with E-state index in [0.29, 0.717) is 5.75 Å². The van der Waals surface area contributed by atoms with Gasteiger partial charge in [0.1, 0.15) is 5.75 Å². The Morgan fingerprint density at radius 2 is 1.43 bits per heavy atom. The molecule has 0 aliphatic heterocycles. The van der Waals surface area contributed by atoms with E-state index in [-0.39, 0.29) is 0 Å². The van der Waals surface area contributed by atoms with Gasteiger partial charge in [-0.15, -0.1) is 0 Å². The summed E-state index contributed by atoms with van der Waals surface area (Å²) in [4.78, 5) is 0. The standard InChI is InChI=1S/C16H14O.2C2H6/c1-3-11-5-6-12-7-9-14(17)13-8-4-10(2)15(11)16(12)13;2*1-2/h3-9,17H,1-2H3;2*1-2H3/b11-3-;;. The van der Waals surface area contributed by atoms with E-state index in [1.807, 2.05) is 46.8 Å². The Labute approximate surface area is 127 Å². The van der Waals surface area contributed by atoms with Crippen LogP contribution in [-0.2, 0) is 0 Å². The fourth-order valence-electron chi connectivity index (χ4n) is 2.58. The van der Waals surface area contributed by atoms with Gasteiger partial charge in [0.05, 0.1) is 0 Å². The molecule has 0 bridgehead atoms. The monoisotopic (exact) mass is 282 g/mol. The zero-order valence-corrected chi connectivity index (χ0v) is 14.0. The molecule has 0 heterocycles. The van der Waals surface area contributed by atoms with Crippen molar-refractivity contribution in [2.45, 2.75) is 41.5 Å². The van der Waals surface area contributed by atoms with Gasteiger partial charge in [0.15, 0.2) is 0 Å². The molecule has 1 N–H and O–H groups in total. The highest BCUT2D eigenvalue weighted by Gasteiger charge is 2.08. The number of benzene rings is 3. The van der Waals surface area contributed by atoms with E-state index in [1.54, 1.807) is 6.07 Å². The van der Waals surface area contributed by atoms with Crippen LogP contribution in [0.2, 0.25) is 0 Å². The Morgan fingerprint density at radius 1 is 0.810 bits per heavy atom. The molecule has 3 rings (SSSR count). The van der Waals surface area contributed by atoms with Crippen LogP contribution in [0, 0.1) is 6.92 Å². The second-order valence-electron chi connectivity index (χ2n) is 4.43. The van der Waals surface area contributed by atoms with Gasteiger partial charge in [0.2, 0.25) is 0 Å². The van der Waals surface area contributed by atoms with E-state index >= 15 is 0 Å². The summed E-state index contributed by atoms with van der Waals surface area (Å²) in [5, 5.41) is 15.7. The van der Waals surface area contributed by atoms with Gasteiger partial charge in [-0.05, 0) is 41.5 Å². The first-order valence-electron chi connectivity index (χ1n) is 7.82. The minimum Gasteiger partial charge on any atom is -0.507 e. The van der Waals surface area contributed by atoms with Crippen LogP contribution in [0.5, 0.6) is 5.75 Å². The average molecular weight is 282 g/mol. The third-order valence-electron chi connectivity index (χ3n) is 3.44. The minimum atomic E-state index is 0.357. The predicted octanol–water partition coefficient (Wildman–Crippen LogP) is 5.58. The van der Waals surface area contributed by atoms with Gasteiger partial charge in [-0.2, -0.15) is 0 Å². The zero-order valence-electron chi connectivity index (χ0n) is 14.0. The van der Waals surface area contributed by atoms with E-state index in [2.05, 4.69) is 31.2 Å². The lowest BCUT2D eigenvalue weighted by Gasteiger charge is -2.10. The number of aryl methyl sites for hydroxylation is 1. The van der Waals surface area contributed by atoms with Crippen LogP contribution < -0.4 is 5.22 Å². The number of rotatable bonds is 0. The fourth-order valence-corrected chi connectivity index (χ4v) is 2.58. The van der Waals surface area contributed by atoms with Crippen molar-refractivity contribution in [3.63, 3.8) is 0 Å². The first-order valence-corrected chi connectivity index (χ1v) is 7.82. The maximum atomic E-state index is 9.95. The Hall–Kier alpha value is -2.02. The molecule has 112 valence electrons. The van der Waals surface area contributed by atoms with Gasteiger partial charge in [-0.1, -0.05) is 64.1 Å². The lowest BCUT2D eigenvalue weighted by Crippen LogP contribution is -2.03. The molecule has 0 unspecified atom stereocenters. The second kappa shape index (κ2) is 7.68. The van der Waals surface area contributed by atoms with Gasteiger partial charge in [0, 0.05) is 10.8 Å². The Kier molecular flexibility index (Phi) is 6.23. The van der Waals surface area contributed by atoms with Gasteiger partial charge in [-0.25, -0.2) is 0 Å². The molecule has 0 fully saturated rings. The maximum absolute atomic E-state index is 9.95. The van der Waals surface area contributed by atoms with E-state index in [1.165, 1.54) is 26.9 Å². The highest BCUT2D eigenvalue weighted by molar-refractivity contribution is 6.13. The minimum absolute atomic E-state index is 0.357. The second-order valence-corrected chi connectivity index (χ2v) is 4.43. The molecule has 0 aromatic heterocycles. The Bertz CT molecular complexity index is 769. The average Bonchev–Trinajstić information content (AvgIpc) is 2.56. The van der Waals surface area contributed by atoms with Crippen molar-refractivity contribution >= 4 is 27.6 Å². The molecule has 0 aliphatic rings. The Balaban J connectivity index is 0.000000510. The summed E-state index contributed by atoms with van der Waals surface area (Å²) >= 11 is 0. The number of hydrogen-bond donors (Lipinski definition) is 1. The highest BCUT2D eigenvalue weighted by atomic mass is 16.3. The summed E-state index contributed by atoms with van der Waals surface area (Å²) in [6, 6.07) is 12.1. The largest absolute Gasteiger partial charge is 0.507 e. The van der Waals surface area contributed by atoms with Crippen LogP contribution in [0.15, 0.2) is 36.4 Å². The van der Waals surface area contributed by atoms with Crippen LogP contribution in [-0.4, -0.2) is 5.11 Å². The number of aromatic hydroxyl groups is 1. The lowest BCUT2D eigenvalue weighted by molar-refractivity contribution is 0.482. The smallest absolute Gasteiger partial charge is 0.123 e. The molecule has 0 atom stereocenters. The molecule has 0 saturated heterocycles. The molecular formula is C20H26O. The zero-order chi connectivity index (χ0) is 16.0. The van der Waals surface area contributed by atoms with Gasteiger partial charge in [-0.3, -0.25) is 0 Å².